The number of benzene rings is 1. The predicted octanol–water partition coefficient (Wildman–Crippen LogP) is 3.09. The molecule has 94 valence electrons. The van der Waals surface area contributed by atoms with E-state index in [4.69, 9.17) is 4.74 Å². The summed E-state index contributed by atoms with van der Waals surface area (Å²) in [6.07, 6.45) is 1.96. The minimum absolute atomic E-state index is 0.459. The fourth-order valence-corrected chi connectivity index (χ4v) is 2.17. The lowest BCUT2D eigenvalue weighted by molar-refractivity contribution is 0.199. The number of thioether (sulfide) groups is 1. The normalized spacial score (nSPS) is 12.4. The maximum Gasteiger partial charge on any atom is 0.0587 e. The third-order valence-corrected chi connectivity index (χ3v) is 3.50. The van der Waals surface area contributed by atoms with Crippen molar-refractivity contribution in [3.05, 3.63) is 42.5 Å². The van der Waals surface area contributed by atoms with Gasteiger partial charge in [-0.2, -0.15) is 0 Å². The second kappa shape index (κ2) is 8.34. The molecule has 0 bridgehead atoms. The van der Waals surface area contributed by atoms with Crippen molar-refractivity contribution in [2.45, 2.75) is 23.6 Å². The van der Waals surface area contributed by atoms with Gasteiger partial charge in [0, 0.05) is 30.3 Å². The molecule has 0 saturated carbocycles. The highest BCUT2D eigenvalue weighted by molar-refractivity contribution is 8.00. The van der Waals surface area contributed by atoms with Crippen LogP contribution in [0.3, 0.4) is 0 Å². The van der Waals surface area contributed by atoms with E-state index >= 15 is 0 Å². The molecule has 0 aliphatic heterocycles. The van der Waals surface area contributed by atoms with Crippen LogP contribution in [0.4, 0.5) is 0 Å². The van der Waals surface area contributed by atoms with Crippen LogP contribution in [0.5, 0.6) is 0 Å². The summed E-state index contributed by atoms with van der Waals surface area (Å²) in [4.78, 5) is 1.29. The molecule has 0 aliphatic carbocycles. The van der Waals surface area contributed by atoms with E-state index < -0.39 is 0 Å². The van der Waals surface area contributed by atoms with Crippen molar-refractivity contribution in [1.82, 2.24) is 5.32 Å². The minimum atomic E-state index is 0.459. The molecule has 0 aliphatic rings. The Hall–Kier alpha value is -0.770. The first-order valence-electron chi connectivity index (χ1n) is 5.84. The first kappa shape index (κ1) is 14.3. The van der Waals surface area contributed by atoms with Gasteiger partial charge >= 0.3 is 0 Å². The van der Waals surface area contributed by atoms with Crippen molar-refractivity contribution in [2.24, 2.45) is 0 Å². The zero-order valence-electron chi connectivity index (χ0n) is 10.6. The standard InChI is InChI=1S/C14H21NOS/c1-4-12(2)17-14-7-5-13(6-8-14)11-15-9-10-16-3/h4-8,12,15H,1,9-11H2,2-3H3. The lowest BCUT2D eigenvalue weighted by atomic mass is 10.2. The summed E-state index contributed by atoms with van der Waals surface area (Å²) < 4.78 is 4.98. The van der Waals surface area contributed by atoms with Gasteiger partial charge < -0.3 is 10.1 Å². The zero-order chi connectivity index (χ0) is 12.5. The van der Waals surface area contributed by atoms with Crippen molar-refractivity contribution in [1.29, 1.82) is 0 Å². The second-order valence-corrected chi connectivity index (χ2v) is 5.32. The van der Waals surface area contributed by atoms with Gasteiger partial charge in [-0.15, -0.1) is 18.3 Å². The molecule has 1 unspecified atom stereocenters. The second-order valence-electron chi connectivity index (χ2n) is 3.87. The van der Waals surface area contributed by atoms with Gasteiger partial charge in [-0.3, -0.25) is 0 Å². The van der Waals surface area contributed by atoms with Gasteiger partial charge in [0.05, 0.1) is 6.61 Å². The largest absolute Gasteiger partial charge is 0.383 e. The number of hydrogen-bond acceptors (Lipinski definition) is 3. The Labute approximate surface area is 108 Å². The van der Waals surface area contributed by atoms with E-state index in [1.165, 1.54) is 10.5 Å². The van der Waals surface area contributed by atoms with Crippen LogP contribution in [-0.4, -0.2) is 25.5 Å². The fraction of sp³-hybridized carbons (Fsp3) is 0.429. The third kappa shape index (κ3) is 5.91. The number of nitrogens with one attached hydrogen (secondary N) is 1. The summed E-state index contributed by atoms with van der Waals surface area (Å²) >= 11 is 1.83. The Morgan fingerprint density at radius 2 is 2.12 bits per heavy atom. The minimum Gasteiger partial charge on any atom is -0.383 e. The van der Waals surface area contributed by atoms with Crippen LogP contribution in [0.1, 0.15) is 12.5 Å². The van der Waals surface area contributed by atoms with Crippen molar-refractivity contribution in [3.63, 3.8) is 0 Å². The van der Waals surface area contributed by atoms with Gasteiger partial charge in [-0.05, 0) is 24.6 Å². The van der Waals surface area contributed by atoms with Gasteiger partial charge in [-0.25, -0.2) is 0 Å². The van der Waals surface area contributed by atoms with Gasteiger partial charge in [0.1, 0.15) is 0 Å². The van der Waals surface area contributed by atoms with Gasteiger partial charge in [-0.1, -0.05) is 18.2 Å². The summed E-state index contributed by atoms with van der Waals surface area (Å²) in [5.74, 6) is 0. The molecule has 0 heterocycles. The van der Waals surface area contributed by atoms with E-state index in [0.29, 0.717) is 5.25 Å². The topological polar surface area (TPSA) is 21.3 Å². The first-order valence-corrected chi connectivity index (χ1v) is 6.72. The van der Waals surface area contributed by atoms with E-state index in [2.05, 4.69) is 43.1 Å². The van der Waals surface area contributed by atoms with E-state index in [0.717, 1.165) is 19.7 Å². The molecular formula is C14H21NOS. The Balaban J connectivity index is 2.36. The Morgan fingerprint density at radius 1 is 1.41 bits per heavy atom. The quantitative estimate of drug-likeness (QED) is 0.436. The van der Waals surface area contributed by atoms with Crippen LogP contribution in [0, 0.1) is 0 Å². The molecule has 1 aromatic carbocycles. The number of rotatable bonds is 8. The molecule has 0 aromatic heterocycles. The maximum atomic E-state index is 4.98. The Morgan fingerprint density at radius 3 is 2.71 bits per heavy atom. The van der Waals surface area contributed by atoms with Crippen LogP contribution in [-0.2, 0) is 11.3 Å². The van der Waals surface area contributed by atoms with Crippen molar-refractivity contribution >= 4 is 11.8 Å². The highest BCUT2D eigenvalue weighted by Crippen LogP contribution is 2.23. The molecule has 0 spiro atoms. The van der Waals surface area contributed by atoms with Crippen LogP contribution < -0.4 is 5.32 Å². The summed E-state index contributed by atoms with van der Waals surface area (Å²) in [6.45, 7) is 8.48. The lowest BCUT2D eigenvalue weighted by Gasteiger charge is -2.07. The Kier molecular flexibility index (Phi) is 7.01. The van der Waals surface area contributed by atoms with Crippen LogP contribution >= 0.6 is 11.8 Å². The molecule has 0 radical (unpaired) electrons. The average Bonchev–Trinajstić information content (AvgIpc) is 2.36. The molecule has 3 heteroatoms. The van der Waals surface area contributed by atoms with Crippen LogP contribution in [0.15, 0.2) is 41.8 Å². The summed E-state index contributed by atoms with van der Waals surface area (Å²) in [5.41, 5.74) is 1.30. The van der Waals surface area contributed by atoms with E-state index in [-0.39, 0.29) is 0 Å². The highest BCUT2D eigenvalue weighted by atomic mass is 32.2. The molecule has 0 saturated heterocycles. The average molecular weight is 251 g/mol. The molecule has 1 atom stereocenters. The summed E-state index contributed by atoms with van der Waals surface area (Å²) in [5, 5.41) is 3.78. The molecule has 1 aromatic rings. The molecule has 2 nitrogen and oxygen atoms in total. The lowest BCUT2D eigenvalue weighted by Crippen LogP contribution is -2.18. The molecule has 0 amide bonds. The number of methoxy groups -OCH3 is 1. The predicted molar refractivity (Wildman–Crippen MR) is 75.5 cm³/mol. The van der Waals surface area contributed by atoms with Crippen molar-refractivity contribution in [3.8, 4) is 0 Å². The van der Waals surface area contributed by atoms with E-state index in [9.17, 15) is 0 Å². The van der Waals surface area contributed by atoms with Crippen LogP contribution in [0.25, 0.3) is 0 Å². The SMILES string of the molecule is C=CC(C)Sc1ccc(CNCCOC)cc1. The number of hydrogen-bond donors (Lipinski definition) is 1. The fourth-order valence-electron chi connectivity index (χ4n) is 1.36. The third-order valence-electron chi connectivity index (χ3n) is 2.39. The zero-order valence-corrected chi connectivity index (χ0v) is 11.4. The van der Waals surface area contributed by atoms with Crippen LogP contribution in [0.2, 0.25) is 0 Å². The van der Waals surface area contributed by atoms with Crippen molar-refractivity contribution in [2.75, 3.05) is 20.3 Å². The van der Waals surface area contributed by atoms with Gasteiger partial charge in [0.25, 0.3) is 0 Å². The molecule has 0 fully saturated rings. The molecule has 1 N–H and O–H groups in total. The monoisotopic (exact) mass is 251 g/mol. The Bertz CT molecular complexity index is 323. The summed E-state index contributed by atoms with van der Waals surface area (Å²) in [6, 6.07) is 8.66. The van der Waals surface area contributed by atoms with Crippen molar-refractivity contribution < 1.29 is 4.74 Å². The van der Waals surface area contributed by atoms with E-state index in [1.807, 2.05) is 17.8 Å². The summed E-state index contributed by atoms with van der Waals surface area (Å²) in [7, 11) is 1.72. The van der Waals surface area contributed by atoms with E-state index in [1.54, 1.807) is 7.11 Å². The first-order chi connectivity index (χ1) is 8.26. The highest BCUT2D eigenvalue weighted by Gasteiger charge is 1.99. The van der Waals surface area contributed by atoms with Gasteiger partial charge in [0.2, 0.25) is 0 Å². The molecule has 17 heavy (non-hydrogen) atoms. The maximum absolute atomic E-state index is 4.98. The number of ether oxygens (including phenoxy) is 1. The molecular weight excluding hydrogens is 230 g/mol. The molecule has 1 rings (SSSR count). The smallest absolute Gasteiger partial charge is 0.0587 e. The van der Waals surface area contributed by atoms with Gasteiger partial charge in [0.15, 0.2) is 0 Å².